The average molecular weight is 176 g/mol. The lowest BCUT2D eigenvalue weighted by Crippen LogP contribution is -2.10. The van der Waals surface area contributed by atoms with Gasteiger partial charge in [-0.25, -0.2) is 0 Å². The van der Waals surface area contributed by atoms with Crippen LogP contribution in [0.5, 0.6) is 0 Å². The largest absolute Gasteiger partial charge is 0.324 e. The van der Waals surface area contributed by atoms with Crippen LogP contribution >= 0.6 is 0 Å². The van der Waals surface area contributed by atoms with Gasteiger partial charge in [-0.1, -0.05) is 6.07 Å². The van der Waals surface area contributed by atoms with Crippen molar-refractivity contribution in [2.24, 2.45) is 5.73 Å². The second-order valence-electron chi connectivity index (χ2n) is 3.87. The van der Waals surface area contributed by atoms with E-state index >= 15 is 0 Å². The summed E-state index contributed by atoms with van der Waals surface area (Å²) in [5.41, 5.74) is 9.68. The third-order valence-corrected chi connectivity index (χ3v) is 2.72. The minimum atomic E-state index is 0.111. The van der Waals surface area contributed by atoms with Gasteiger partial charge < -0.3 is 5.73 Å². The number of aryl methyl sites for hydroxylation is 2. The van der Waals surface area contributed by atoms with Crippen LogP contribution in [0.3, 0.4) is 0 Å². The first-order valence-electron chi connectivity index (χ1n) is 5.00. The predicted octanol–water partition coefficient (Wildman–Crippen LogP) is 1.98. The molecule has 0 spiro atoms. The fourth-order valence-electron chi connectivity index (χ4n) is 1.86. The Labute approximate surface area is 79.2 Å². The summed E-state index contributed by atoms with van der Waals surface area (Å²) >= 11 is 0. The minimum absolute atomic E-state index is 0.111. The van der Waals surface area contributed by atoms with Crippen LogP contribution in [-0.4, -0.2) is 4.98 Å². The minimum Gasteiger partial charge on any atom is -0.324 e. The molecule has 1 aliphatic rings. The van der Waals surface area contributed by atoms with E-state index in [4.69, 9.17) is 5.73 Å². The molecule has 1 heterocycles. The highest BCUT2D eigenvalue weighted by atomic mass is 14.7. The first kappa shape index (κ1) is 8.70. The van der Waals surface area contributed by atoms with Crippen LogP contribution in [0, 0.1) is 0 Å². The molecule has 1 aromatic heterocycles. The zero-order chi connectivity index (χ0) is 9.26. The van der Waals surface area contributed by atoms with Gasteiger partial charge in [0.15, 0.2) is 0 Å². The van der Waals surface area contributed by atoms with Crippen LogP contribution in [0.2, 0.25) is 0 Å². The first-order chi connectivity index (χ1) is 6.27. The number of aromatic nitrogens is 1. The summed E-state index contributed by atoms with van der Waals surface area (Å²) in [6.07, 6.45) is 6.85. The fourth-order valence-corrected chi connectivity index (χ4v) is 1.86. The molecule has 1 unspecified atom stereocenters. The number of fused-ring (bicyclic) bond motifs is 1. The SMILES string of the molecule is CC(N)c1cnc2c(c1)CCCC2. The molecule has 0 aromatic carbocycles. The van der Waals surface area contributed by atoms with E-state index in [9.17, 15) is 0 Å². The maximum absolute atomic E-state index is 5.81. The van der Waals surface area contributed by atoms with Crippen molar-refractivity contribution in [1.29, 1.82) is 0 Å². The third kappa shape index (κ3) is 1.73. The van der Waals surface area contributed by atoms with Crippen molar-refractivity contribution in [3.63, 3.8) is 0 Å². The number of nitrogens with zero attached hydrogens (tertiary/aromatic N) is 1. The molecule has 0 saturated carbocycles. The summed E-state index contributed by atoms with van der Waals surface area (Å²) in [7, 11) is 0. The highest BCUT2D eigenvalue weighted by Gasteiger charge is 2.11. The third-order valence-electron chi connectivity index (χ3n) is 2.72. The lowest BCUT2D eigenvalue weighted by molar-refractivity contribution is 0.662. The topological polar surface area (TPSA) is 38.9 Å². The molecule has 1 atom stereocenters. The number of hydrogen-bond acceptors (Lipinski definition) is 2. The van der Waals surface area contributed by atoms with Crippen LogP contribution in [-0.2, 0) is 12.8 Å². The van der Waals surface area contributed by atoms with Crippen LogP contribution < -0.4 is 5.73 Å². The van der Waals surface area contributed by atoms with Crippen molar-refractivity contribution in [1.82, 2.24) is 4.98 Å². The summed E-state index contributed by atoms with van der Waals surface area (Å²) in [5.74, 6) is 0. The van der Waals surface area contributed by atoms with E-state index in [1.807, 2.05) is 13.1 Å². The molecule has 1 aliphatic carbocycles. The van der Waals surface area contributed by atoms with E-state index in [2.05, 4.69) is 11.1 Å². The van der Waals surface area contributed by atoms with E-state index in [1.165, 1.54) is 36.1 Å². The monoisotopic (exact) mass is 176 g/mol. The Morgan fingerprint density at radius 2 is 2.15 bits per heavy atom. The standard InChI is InChI=1S/C11H16N2/c1-8(12)10-6-9-4-2-3-5-11(9)13-7-10/h6-8H,2-5,12H2,1H3. The van der Waals surface area contributed by atoms with Gasteiger partial charge in [-0.05, 0) is 43.7 Å². The molecule has 0 bridgehead atoms. The van der Waals surface area contributed by atoms with Crippen LogP contribution in [0.25, 0.3) is 0 Å². The number of hydrogen-bond donors (Lipinski definition) is 1. The summed E-state index contributed by atoms with van der Waals surface area (Å²) in [6.45, 7) is 2.01. The molecule has 70 valence electrons. The van der Waals surface area contributed by atoms with Crippen molar-refractivity contribution in [2.75, 3.05) is 0 Å². The lowest BCUT2D eigenvalue weighted by atomic mass is 9.94. The Hall–Kier alpha value is -0.890. The zero-order valence-corrected chi connectivity index (χ0v) is 8.09. The first-order valence-corrected chi connectivity index (χ1v) is 5.00. The lowest BCUT2D eigenvalue weighted by Gasteiger charge is -2.16. The maximum Gasteiger partial charge on any atom is 0.0435 e. The van der Waals surface area contributed by atoms with Crippen molar-refractivity contribution >= 4 is 0 Å². The Kier molecular flexibility index (Phi) is 2.32. The van der Waals surface area contributed by atoms with Gasteiger partial charge in [0, 0.05) is 17.9 Å². The van der Waals surface area contributed by atoms with E-state index < -0.39 is 0 Å². The highest BCUT2D eigenvalue weighted by molar-refractivity contribution is 5.28. The Bertz CT molecular complexity index is 305. The van der Waals surface area contributed by atoms with Crippen molar-refractivity contribution in [2.45, 2.75) is 38.6 Å². The fraction of sp³-hybridized carbons (Fsp3) is 0.545. The van der Waals surface area contributed by atoms with Gasteiger partial charge in [0.25, 0.3) is 0 Å². The molecule has 13 heavy (non-hydrogen) atoms. The molecule has 0 amide bonds. The van der Waals surface area contributed by atoms with E-state index in [0.29, 0.717) is 0 Å². The molecule has 1 aromatic rings. The maximum atomic E-state index is 5.81. The van der Waals surface area contributed by atoms with Crippen molar-refractivity contribution in [3.05, 3.63) is 29.1 Å². The van der Waals surface area contributed by atoms with Crippen molar-refractivity contribution in [3.8, 4) is 0 Å². The molecular formula is C11H16N2. The Morgan fingerprint density at radius 1 is 1.38 bits per heavy atom. The molecule has 2 nitrogen and oxygen atoms in total. The van der Waals surface area contributed by atoms with E-state index in [-0.39, 0.29) is 6.04 Å². The molecule has 2 rings (SSSR count). The zero-order valence-electron chi connectivity index (χ0n) is 8.09. The summed E-state index contributed by atoms with van der Waals surface area (Å²) in [4.78, 5) is 4.46. The number of rotatable bonds is 1. The average Bonchev–Trinajstić information content (AvgIpc) is 2.17. The smallest absolute Gasteiger partial charge is 0.0435 e. The van der Waals surface area contributed by atoms with E-state index in [0.717, 1.165) is 6.42 Å². The highest BCUT2D eigenvalue weighted by Crippen LogP contribution is 2.21. The molecule has 0 saturated heterocycles. The molecule has 2 N–H and O–H groups in total. The van der Waals surface area contributed by atoms with Gasteiger partial charge >= 0.3 is 0 Å². The van der Waals surface area contributed by atoms with Gasteiger partial charge in [-0.3, -0.25) is 4.98 Å². The summed E-state index contributed by atoms with van der Waals surface area (Å²) in [5, 5.41) is 0. The number of nitrogens with two attached hydrogens (primary N) is 1. The van der Waals surface area contributed by atoms with Gasteiger partial charge in [0.1, 0.15) is 0 Å². The second kappa shape index (κ2) is 3.46. The van der Waals surface area contributed by atoms with Gasteiger partial charge in [-0.15, -0.1) is 0 Å². The molecule has 0 radical (unpaired) electrons. The summed E-state index contributed by atoms with van der Waals surface area (Å²) < 4.78 is 0. The van der Waals surface area contributed by atoms with E-state index in [1.54, 1.807) is 0 Å². The molecule has 0 fully saturated rings. The quantitative estimate of drug-likeness (QED) is 0.710. The molecule has 2 heteroatoms. The summed E-state index contributed by atoms with van der Waals surface area (Å²) in [6, 6.07) is 2.34. The number of pyridine rings is 1. The molecular weight excluding hydrogens is 160 g/mol. The van der Waals surface area contributed by atoms with Crippen molar-refractivity contribution < 1.29 is 0 Å². The molecule has 0 aliphatic heterocycles. The van der Waals surface area contributed by atoms with Crippen LogP contribution in [0.15, 0.2) is 12.3 Å². The Balaban J connectivity index is 2.35. The predicted molar refractivity (Wildman–Crippen MR) is 53.5 cm³/mol. The van der Waals surface area contributed by atoms with Crippen LogP contribution in [0.4, 0.5) is 0 Å². The second-order valence-corrected chi connectivity index (χ2v) is 3.87. The van der Waals surface area contributed by atoms with Gasteiger partial charge in [0.05, 0.1) is 0 Å². The normalized spacial score (nSPS) is 18.0. The van der Waals surface area contributed by atoms with Crippen LogP contribution in [0.1, 0.15) is 42.6 Å². The van der Waals surface area contributed by atoms with Gasteiger partial charge in [-0.2, -0.15) is 0 Å². The van der Waals surface area contributed by atoms with Gasteiger partial charge in [0.2, 0.25) is 0 Å². The Morgan fingerprint density at radius 3 is 2.92 bits per heavy atom.